The van der Waals surface area contributed by atoms with Gasteiger partial charge in [-0.2, -0.15) is 0 Å². The van der Waals surface area contributed by atoms with Gasteiger partial charge in [0.25, 0.3) is 5.91 Å². The molecule has 8 nitrogen and oxygen atoms in total. The smallest absolute Gasteiger partial charge is 0.465 e. The Morgan fingerprint density at radius 3 is 2.39 bits per heavy atom. The molecule has 2 fully saturated rings. The van der Waals surface area contributed by atoms with E-state index in [0.717, 1.165) is 31.7 Å². The molecule has 3 heterocycles. The average molecular weight is 546 g/mol. The lowest BCUT2D eigenvalue weighted by Crippen LogP contribution is -2.61. The third kappa shape index (κ3) is 5.47. The van der Waals surface area contributed by atoms with Crippen LogP contribution in [0.3, 0.4) is 0 Å². The van der Waals surface area contributed by atoms with Crippen LogP contribution in [0, 0.1) is 5.41 Å². The summed E-state index contributed by atoms with van der Waals surface area (Å²) < 4.78 is 30.3. The molecule has 0 saturated carbocycles. The number of pyridine rings is 1. The number of nitrogens with one attached hydrogen (secondary N) is 1. The van der Waals surface area contributed by atoms with E-state index in [2.05, 4.69) is 35.9 Å². The molecule has 0 bridgehead atoms. The van der Waals surface area contributed by atoms with Gasteiger partial charge in [-0.3, -0.25) is 4.79 Å². The van der Waals surface area contributed by atoms with Crippen LogP contribution in [0.5, 0.6) is 5.75 Å². The van der Waals surface area contributed by atoms with Gasteiger partial charge in [0, 0.05) is 55.1 Å². The van der Waals surface area contributed by atoms with E-state index >= 15 is 0 Å². The molecule has 2 aromatic rings. The molecule has 0 unspecified atom stereocenters. The minimum Gasteiger partial charge on any atom is -0.465 e. The van der Waals surface area contributed by atoms with Crippen LogP contribution >= 0.6 is 27.5 Å². The first-order valence-electron chi connectivity index (χ1n) is 10.1. The number of carboxylic acid groups (broad SMARTS) is 1. The second kappa shape index (κ2) is 8.94. The summed E-state index contributed by atoms with van der Waals surface area (Å²) in [4.78, 5) is 31.6. The molecule has 0 atom stereocenters. The Labute approximate surface area is 201 Å². The highest BCUT2D eigenvalue weighted by molar-refractivity contribution is 9.10. The van der Waals surface area contributed by atoms with Crippen molar-refractivity contribution in [2.45, 2.75) is 18.4 Å². The summed E-state index contributed by atoms with van der Waals surface area (Å²) in [5.74, 6) is 0.177. The summed E-state index contributed by atoms with van der Waals surface area (Å²) in [6.45, 7) is 2.65. The van der Waals surface area contributed by atoms with Gasteiger partial charge < -0.3 is 25.0 Å². The number of halogens is 4. The van der Waals surface area contributed by atoms with Gasteiger partial charge in [0.2, 0.25) is 0 Å². The summed E-state index contributed by atoms with van der Waals surface area (Å²) in [6.07, 6.45) is 2.24. The summed E-state index contributed by atoms with van der Waals surface area (Å²) in [6, 6.07) is 7.04. The molecule has 1 spiro atoms. The number of hydrogen-bond donors (Lipinski definition) is 2. The van der Waals surface area contributed by atoms with Gasteiger partial charge in [0.05, 0.1) is 10.0 Å². The number of anilines is 2. The summed E-state index contributed by atoms with van der Waals surface area (Å²) >= 11 is 8.22. The average Bonchev–Trinajstić information content (AvgIpc) is 2.72. The third-order valence-corrected chi connectivity index (χ3v) is 6.54. The molecule has 2 aliphatic rings. The Morgan fingerprint density at radius 2 is 1.85 bits per heavy atom. The van der Waals surface area contributed by atoms with Crippen molar-refractivity contribution in [1.29, 1.82) is 0 Å². The molecule has 2 saturated heterocycles. The van der Waals surface area contributed by atoms with Gasteiger partial charge in [0.15, 0.2) is 0 Å². The summed E-state index contributed by atoms with van der Waals surface area (Å²) in [7, 11) is 0. The lowest BCUT2D eigenvalue weighted by atomic mass is 9.72. The van der Waals surface area contributed by atoms with Gasteiger partial charge in [0.1, 0.15) is 11.6 Å². The first-order valence-corrected chi connectivity index (χ1v) is 11.3. The number of likely N-dealkylation sites (tertiary alicyclic amines) is 1. The highest BCUT2D eigenvalue weighted by Crippen LogP contribution is 2.43. The number of carbonyl (C=O) groups excluding carboxylic acids is 1. The molecule has 12 heteroatoms. The monoisotopic (exact) mass is 544 g/mol. The van der Waals surface area contributed by atoms with Crippen molar-refractivity contribution in [2.24, 2.45) is 5.41 Å². The first kappa shape index (κ1) is 23.5. The number of nitrogens with zero attached hydrogens (tertiary/aromatic N) is 3. The molecule has 33 heavy (non-hydrogen) atoms. The highest BCUT2D eigenvalue weighted by Gasteiger charge is 2.46. The molecule has 176 valence electrons. The van der Waals surface area contributed by atoms with Crippen molar-refractivity contribution in [3.05, 3.63) is 46.6 Å². The molecule has 2 amide bonds. The van der Waals surface area contributed by atoms with E-state index in [-0.39, 0.29) is 11.2 Å². The highest BCUT2D eigenvalue weighted by atomic mass is 79.9. The van der Waals surface area contributed by atoms with E-state index in [9.17, 15) is 18.4 Å². The number of carbonyl (C=O) groups is 2. The first-order chi connectivity index (χ1) is 15.5. The lowest BCUT2D eigenvalue weighted by Gasteiger charge is -2.54. The number of rotatable bonds is 5. The Kier molecular flexibility index (Phi) is 6.37. The number of benzene rings is 1. The van der Waals surface area contributed by atoms with Crippen LogP contribution in [-0.4, -0.2) is 58.7 Å². The molecule has 0 radical (unpaired) electrons. The van der Waals surface area contributed by atoms with Gasteiger partial charge in [-0.05, 0) is 59.1 Å². The van der Waals surface area contributed by atoms with E-state index < -0.39 is 17.6 Å². The Balaban J connectivity index is 1.34. The van der Waals surface area contributed by atoms with Crippen molar-refractivity contribution in [3.63, 3.8) is 0 Å². The number of hydrogen-bond acceptors (Lipinski definition) is 5. The molecule has 1 aromatic carbocycles. The Hall–Kier alpha value is -2.66. The number of aromatic nitrogens is 1. The van der Waals surface area contributed by atoms with E-state index in [4.69, 9.17) is 16.7 Å². The zero-order chi connectivity index (χ0) is 23.8. The maximum Gasteiger partial charge on any atom is 0.487 e. The number of amides is 2. The fourth-order valence-corrected chi connectivity index (χ4v) is 4.82. The normalized spacial score (nSPS) is 17.5. The van der Waals surface area contributed by atoms with E-state index in [0.29, 0.717) is 28.8 Å². The van der Waals surface area contributed by atoms with E-state index in [1.54, 1.807) is 6.07 Å². The van der Waals surface area contributed by atoms with Gasteiger partial charge in [-0.1, -0.05) is 0 Å². The van der Waals surface area contributed by atoms with Crippen LogP contribution in [0.1, 0.15) is 23.2 Å². The predicted octanol–water partition coefficient (Wildman–Crippen LogP) is 4.84. The van der Waals surface area contributed by atoms with Gasteiger partial charge in [-0.15, -0.1) is 8.78 Å². The minimum atomic E-state index is -3.81. The van der Waals surface area contributed by atoms with Crippen LogP contribution < -0.4 is 15.0 Å². The molecule has 1 aromatic heterocycles. The molecule has 2 N–H and O–H groups in total. The second-order valence-electron chi connectivity index (χ2n) is 8.18. The maximum absolute atomic E-state index is 12.7. The van der Waals surface area contributed by atoms with Crippen molar-refractivity contribution < 1.29 is 28.2 Å². The molecular formula is C21H20BrClF2N4O4. The molecule has 0 aliphatic carbocycles. The zero-order valence-corrected chi connectivity index (χ0v) is 19.6. The van der Waals surface area contributed by atoms with Crippen LogP contribution in [0.25, 0.3) is 0 Å². The SMILES string of the molecule is O=C(Nc1ccc(OC(F)(F)Cl)cc1)c1cnc(N2CC3(CCN(C(=O)O)CC3)C2)c(Br)c1. The van der Waals surface area contributed by atoms with E-state index in [1.807, 2.05) is 0 Å². The molecular weight excluding hydrogens is 526 g/mol. The van der Waals surface area contributed by atoms with Gasteiger partial charge in [-0.25, -0.2) is 9.78 Å². The Bertz CT molecular complexity index is 1050. The van der Waals surface area contributed by atoms with Crippen LogP contribution in [0.2, 0.25) is 0 Å². The van der Waals surface area contributed by atoms with Crippen LogP contribution in [0.15, 0.2) is 41.0 Å². The quantitative estimate of drug-likeness (QED) is 0.522. The number of piperidine rings is 1. The van der Waals surface area contributed by atoms with Crippen molar-refractivity contribution >= 4 is 51.0 Å². The lowest BCUT2D eigenvalue weighted by molar-refractivity contribution is -0.0964. The van der Waals surface area contributed by atoms with Gasteiger partial charge >= 0.3 is 11.7 Å². The molecule has 2 aliphatic heterocycles. The topological polar surface area (TPSA) is 95.0 Å². The van der Waals surface area contributed by atoms with Crippen molar-refractivity contribution in [3.8, 4) is 5.75 Å². The number of ether oxygens (including phenoxy) is 1. The van der Waals surface area contributed by atoms with Crippen LogP contribution in [0.4, 0.5) is 25.1 Å². The van der Waals surface area contributed by atoms with Crippen LogP contribution in [-0.2, 0) is 0 Å². The zero-order valence-electron chi connectivity index (χ0n) is 17.2. The largest absolute Gasteiger partial charge is 0.487 e. The maximum atomic E-state index is 12.7. The second-order valence-corrected chi connectivity index (χ2v) is 9.48. The standard InChI is InChI=1S/C21H20BrClF2N4O4/c22-16-9-13(18(30)27-14-1-3-15(4-2-14)33-21(23,24)25)10-26-17(16)29-11-20(12-29)5-7-28(8-6-20)19(31)32/h1-4,9-10H,5-8,11-12H2,(H,27,30)(H,31,32). The fourth-order valence-electron chi connectivity index (χ4n) is 4.13. The van der Waals surface area contributed by atoms with Crippen molar-refractivity contribution in [1.82, 2.24) is 9.88 Å². The fraction of sp³-hybridized carbons (Fsp3) is 0.381. The van der Waals surface area contributed by atoms with Crippen molar-refractivity contribution in [2.75, 3.05) is 36.4 Å². The minimum absolute atomic E-state index is 0.104. The summed E-state index contributed by atoms with van der Waals surface area (Å²) in [5.41, 5.74) is -2.99. The summed E-state index contributed by atoms with van der Waals surface area (Å²) in [5, 5.41) is 11.8. The predicted molar refractivity (Wildman–Crippen MR) is 121 cm³/mol. The third-order valence-electron chi connectivity index (χ3n) is 5.88. The Morgan fingerprint density at radius 1 is 1.21 bits per heavy atom. The van der Waals surface area contributed by atoms with E-state index in [1.165, 1.54) is 35.4 Å². The number of alkyl halides is 3. The molecule has 4 rings (SSSR count).